The summed E-state index contributed by atoms with van der Waals surface area (Å²) in [7, 11) is 0.190. The molecule has 6 heteroatoms. The van der Waals surface area contributed by atoms with Gasteiger partial charge in [-0.15, -0.1) is 0 Å². The van der Waals surface area contributed by atoms with Gasteiger partial charge in [0.15, 0.2) is 0 Å². The van der Waals surface area contributed by atoms with Gasteiger partial charge in [0.2, 0.25) is 6.29 Å². The molecule has 2 aliphatic heterocycles. The smallest absolute Gasteiger partial charge is 0.265 e. The third kappa shape index (κ3) is 5.33. The first-order valence-corrected chi connectivity index (χ1v) is 14.6. The highest BCUT2D eigenvalue weighted by molar-refractivity contribution is 7.56. The second-order valence-electron chi connectivity index (χ2n) is 8.45. The molecule has 2 aliphatic rings. The van der Waals surface area contributed by atoms with Gasteiger partial charge < -0.3 is 18.5 Å². The van der Waals surface area contributed by atoms with E-state index in [0.717, 1.165) is 43.1 Å². The van der Waals surface area contributed by atoms with Gasteiger partial charge in [0.1, 0.15) is 11.5 Å². The molecule has 0 aliphatic carbocycles. The van der Waals surface area contributed by atoms with Crippen LogP contribution in [0.2, 0.25) is 0 Å². The van der Waals surface area contributed by atoms with Crippen molar-refractivity contribution in [3.8, 4) is 33.8 Å². The Morgan fingerprint density at radius 1 is 0.722 bits per heavy atom. The van der Waals surface area contributed by atoms with Gasteiger partial charge >= 0.3 is 0 Å². The normalized spacial score (nSPS) is 16.8. The van der Waals surface area contributed by atoms with Crippen molar-refractivity contribution in [3.63, 3.8) is 0 Å². The molecule has 0 bridgehead atoms. The minimum Gasteiger partial charge on any atom is -0.460 e. The molecule has 0 spiro atoms. The number of fused-ring (bicyclic) bond motifs is 6. The van der Waals surface area contributed by atoms with Crippen molar-refractivity contribution < 1.29 is 18.5 Å². The molecule has 2 atom stereocenters. The lowest BCUT2D eigenvalue weighted by molar-refractivity contribution is -0.0823. The molecule has 1 aromatic heterocycles. The number of ether oxygens (including phenoxy) is 2. The van der Waals surface area contributed by atoms with Crippen molar-refractivity contribution in [2.45, 2.75) is 33.0 Å². The summed E-state index contributed by atoms with van der Waals surface area (Å²) in [5, 5.41) is 2.39. The fourth-order valence-corrected chi connectivity index (χ4v) is 6.66. The zero-order valence-electron chi connectivity index (χ0n) is 20.6. The molecule has 0 fully saturated rings. The Labute approximate surface area is 216 Å². The fourth-order valence-electron chi connectivity index (χ4n) is 4.17. The topological polar surface area (TPSA) is 36.9 Å². The summed E-state index contributed by atoms with van der Waals surface area (Å²) in [4.78, 5) is 0. The van der Waals surface area contributed by atoms with Gasteiger partial charge in [-0.2, -0.15) is 0 Å². The summed E-state index contributed by atoms with van der Waals surface area (Å²) in [5.41, 5.74) is 4.82. The maximum Gasteiger partial charge on any atom is 0.265 e. The van der Waals surface area contributed by atoms with Crippen molar-refractivity contribution in [1.82, 2.24) is 0 Å². The number of rotatable bonds is 6. The van der Waals surface area contributed by atoms with Crippen LogP contribution in [0, 0.1) is 0 Å². The second kappa shape index (κ2) is 12.0. The Hall–Kier alpha value is -2.74. The molecule has 184 valence electrons. The lowest BCUT2D eigenvalue weighted by atomic mass is 10.0. The zero-order valence-corrected chi connectivity index (χ0v) is 22.4. The average molecular weight is 517 g/mol. The molecule has 6 rings (SSSR count). The molecule has 0 radical (unpaired) electrons. The highest BCUT2D eigenvalue weighted by Gasteiger charge is 2.27. The SMILES string of the molecule is CCCOC1Oc2ccccc2-c2cccpc21.CCCOP1Oc2ccccc2-c2ccccc21. The van der Waals surface area contributed by atoms with Gasteiger partial charge in [0.05, 0.1) is 23.8 Å². The van der Waals surface area contributed by atoms with Crippen molar-refractivity contribution in [2.24, 2.45) is 0 Å². The van der Waals surface area contributed by atoms with E-state index in [-0.39, 0.29) is 6.29 Å². The van der Waals surface area contributed by atoms with Crippen LogP contribution in [0.25, 0.3) is 22.3 Å². The largest absolute Gasteiger partial charge is 0.460 e. The Bertz CT molecular complexity index is 1210. The molecule has 0 amide bonds. The van der Waals surface area contributed by atoms with E-state index in [2.05, 4.69) is 62.1 Å². The highest BCUT2D eigenvalue weighted by Crippen LogP contribution is 2.49. The molecule has 4 nitrogen and oxygen atoms in total. The van der Waals surface area contributed by atoms with Crippen molar-refractivity contribution in [1.29, 1.82) is 0 Å². The zero-order chi connectivity index (χ0) is 24.7. The summed E-state index contributed by atoms with van der Waals surface area (Å²) in [5.74, 6) is 3.97. The predicted octanol–water partition coefficient (Wildman–Crippen LogP) is 8.86. The van der Waals surface area contributed by atoms with E-state index >= 15 is 0 Å². The Morgan fingerprint density at radius 2 is 1.36 bits per heavy atom. The van der Waals surface area contributed by atoms with Gasteiger partial charge in [0, 0.05) is 11.1 Å². The Kier molecular flexibility index (Phi) is 8.31. The number of hydrogen-bond donors (Lipinski definition) is 0. The third-order valence-electron chi connectivity index (χ3n) is 5.82. The standard InChI is InChI=1S/2C15H15O2P/c1-2-11-16-18-15-10-6-4-8-13(15)12-7-3-5-9-14(12)17-18;1-2-9-16-15-14-12(7-5-10-18-14)11-6-3-4-8-13(11)17-15/h3-10H,2,11H2,1H3;3-8,10,15H,2,9H2,1H3. The van der Waals surface area contributed by atoms with Crippen LogP contribution in [-0.2, 0) is 9.26 Å². The molecule has 0 N–H and O–H groups in total. The molecular weight excluding hydrogens is 486 g/mol. The summed E-state index contributed by atoms with van der Waals surface area (Å²) >= 11 is 0. The summed E-state index contributed by atoms with van der Waals surface area (Å²) < 4.78 is 23.6. The van der Waals surface area contributed by atoms with E-state index < -0.39 is 8.38 Å². The van der Waals surface area contributed by atoms with Crippen LogP contribution in [0.15, 0.2) is 90.7 Å². The average Bonchev–Trinajstić information content (AvgIpc) is 2.95. The first kappa shape index (κ1) is 24.9. The van der Waals surface area contributed by atoms with E-state index in [4.69, 9.17) is 18.5 Å². The summed E-state index contributed by atoms with van der Waals surface area (Å²) in [6.07, 6.45) is 1.77. The fraction of sp³-hybridized carbons (Fsp3) is 0.233. The quantitative estimate of drug-likeness (QED) is 0.240. The van der Waals surface area contributed by atoms with Crippen LogP contribution in [0.3, 0.4) is 0 Å². The van der Waals surface area contributed by atoms with Crippen LogP contribution >= 0.6 is 16.6 Å². The number of para-hydroxylation sites is 2. The van der Waals surface area contributed by atoms with Crippen LogP contribution in [-0.4, -0.2) is 13.2 Å². The molecule has 2 unspecified atom stereocenters. The lowest BCUT2D eigenvalue weighted by Crippen LogP contribution is -2.16. The first-order valence-electron chi connectivity index (χ1n) is 12.4. The van der Waals surface area contributed by atoms with Crippen molar-refractivity contribution in [2.75, 3.05) is 13.2 Å². The first-order chi connectivity index (χ1) is 17.8. The molecule has 36 heavy (non-hydrogen) atoms. The third-order valence-corrected chi connectivity index (χ3v) is 8.43. The second-order valence-corrected chi connectivity index (χ2v) is 10.9. The van der Waals surface area contributed by atoms with Gasteiger partial charge in [0.25, 0.3) is 8.38 Å². The number of benzene rings is 3. The lowest BCUT2D eigenvalue weighted by Gasteiger charge is -2.27. The van der Waals surface area contributed by atoms with Crippen molar-refractivity contribution >= 4 is 21.9 Å². The van der Waals surface area contributed by atoms with Crippen LogP contribution in [0.4, 0.5) is 0 Å². The Balaban J connectivity index is 0.000000148. The van der Waals surface area contributed by atoms with E-state index in [1.54, 1.807) is 0 Å². The molecule has 3 heterocycles. The van der Waals surface area contributed by atoms with E-state index in [9.17, 15) is 0 Å². The maximum absolute atomic E-state index is 6.00. The van der Waals surface area contributed by atoms with E-state index in [1.165, 1.54) is 35.5 Å². The summed E-state index contributed by atoms with van der Waals surface area (Å²) in [6.45, 7) is 5.68. The molecule has 3 aromatic carbocycles. The molecule has 0 saturated heterocycles. The minimum absolute atomic E-state index is 0.238. The van der Waals surface area contributed by atoms with E-state index in [0.29, 0.717) is 0 Å². The maximum atomic E-state index is 6.00. The van der Waals surface area contributed by atoms with E-state index in [1.807, 2.05) is 42.5 Å². The molecule has 4 aromatic rings. The molecular formula is C30H30O4P2. The van der Waals surface area contributed by atoms with Gasteiger partial charge in [-0.1, -0.05) is 88.8 Å². The van der Waals surface area contributed by atoms with Gasteiger partial charge in [-0.05, 0) is 48.0 Å². The van der Waals surface area contributed by atoms with Crippen LogP contribution in [0.5, 0.6) is 11.5 Å². The summed E-state index contributed by atoms with van der Waals surface area (Å²) in [6, 6.07) is 28.9. The van der Waals surface area contributed by atoms with Gasteiger partial charge in [-0.25, -0.2) is 0 Å². The highest BCUT2D eigenvalue weighted by atomic mass is 31.2. The van der Waals surface area contributed by atoms with Crippen LogP contribution in [0.1, 0.15) is 38.3 Å². The molecule has 0 saturated carbocycles. The van der Waals surface area contributed by atoms with Crippen molar-refractivity contribution in [3.05, 3.63) is 96.0 Å². The number of hydrogen-bond acceptors (Lipinski definition) is 4. The Morgan fingerprint density at radius 3 is 2.14 bits per heavy atom. The van der Waals surface area contributed by atoms with Gasteiger partial charge in [-0.3, -0.25) is 0 Å². The predicted molar refractivity (Wildman–Crippen MR) is 149 cm³/mol. The minimum atomic E-state index is -0.980. The monoisotopic (exact) mass is 516 g/mol. The van der Waals surface area contributed by atoms with Crippen LogP contribution < -0.4 is 14.6 Å².